The highest BCUT2D eigenvalue weighted by Crippen LogP contribution is 2.20. The van der Waals surface area contributed by atoms with Gasteiger partial charge in [-0.3, -0.25) is 4.79 Å². The Bertz CT molecular complexity index is 1100. The lowest BCUT2D eigenvalue weighted by Gasteiger charge is -2.08. The SMILES string of the molecule is Cc1ccc(N)nc1C(=O)Nc1ccc2nc(-c3ccccc3)cn2c1. The number of benzene rings is 1. The summed E-state index contributed by atoms with van der Waals surface area (Å²) in [6, 6.07) is 17.1. The Morgan fingerprint density at radius 2 is 1.81 bits per heavy atom. The van der Waals surface area contributed by atoms with Gasteiger partial charge in [0, 0.05) is 18.0 Å². The first kappa shape index (κ1) is 15.8. The Balaban J connectivity index is 1.63. The molecule has 0 saturated carbocycles. The summed E-state index contributed by atoms with van der Waals surface area (Å²) in [5.41, 5.74) is 10.2. The predicted octanol–water partition coefficient (Wildman–Crippen LogP) is 3.54. The van der Waals surface area contributed by atoms with Gasteiger partial charge in [-0.25, -0.2) is 9.97 Å². The normalized spacial score (nSPS) is 10.8. The minimum Gasteiger partial charge on any atom is -0.384 e. The molecule has 0 unspecified atom stereocenters. The van der Waals surface area contributed by atoms with Crippen LogP contribution in [0.3, 0.4) is 0 Å². The van der Waals surface area contributed by atoms with Crippen LogP contribution in [0.4, 0.5) is 11.5 Å². The van der Waals surface area contributed by atoms with E-state index in [2.05, 4.69) is 15.3 Å². The van der Waals surface area contributed by atoms with Gasteiger partial charge in [-0.05, 0) is 30.7 Å². The second-order valence-corrected chi connectivity index (χ2v) is 6.03. The van der Waals surface area contributed by atoms with E-state index in [1.807, 2.05) is 66.2 Å². The standard InChI is InChI=1S/C20H17N5O/c1-13-7-9-17(21)24-19(13)20(26)22-15-8-10-18-23-16(12-25(18)11-15)14-5-3-2-4-6-14/h2-12H,1H3,(H2,21,24)(H,22,26). The summed E-state index contributed by atoms with van der Waals surface area (Å²) in [5.74, 6) is 0.0239. The van der Waals surface area contributed by atoms with Crippen LogP contribution in [0.1, 0.15) is 16.1 Å². The Labute approximate surface area is 150 Å². The molecule has 26 heavy (non-hydrogen) atoms. The Hall–Kier alpha value is -3.67. The number of nitrogens with one attached hydrogen (secondary N) is 1. The van der Waals surface area contributed by atoms with Gasteiger partial charge in [-0.1, -0.05) is 36.4 Å². The van der Waals surface area contributed by atoms with Crippen molar-refractivity contribution in [3.05, 3.63) is 78.2 Å². The number of imidazole rings is 1. The monoisotopic (exact) mass is 343 g/mol. The highest BCUT2D eigenvalue weighted by molar-refractivity contribution is 6.04. The summed E-state index contributed by atoms with van der Waals surface area (Å²) < 4.78 is 1.89. The van der Waals surface area contributed by atoms with Gasteiger partial charge in [0.1, 0.15) is 17.2 Å². The largest absolute Gasteiger partial charge is 0.384 e. The van der Waals surface area contributed by atoms with E-state index < -0.39 is 0 Å². The lowest BCUT2D eigenvalue weighted by molar-refractivity contribution is 0.102. The minimum absolute atomic E-state index is 0.294. The second kappa shape index (κ2) is 6.33. The van der Waals surface area contributed by atoms with Crippen LogP contribution in [0.2, 0.25) is 0 Å². The predicted molar refractivity (Wildman–Crippen MR) is 102 cm³/mol. The van der Waals surface area contributed by atoms with Crippen LogP contribution in [0.25, 0.3) is 16.9 Å². The molecule has 3 N–H and O–H groups in total. The van der Waals surface area contributed by atoms with Crippen molar-refractivity contribution < 1.29 is 4.79 Å². The molecule has 0 aliphatic carbocycles. The number of pyridine rings is 2. The fourth-order valence-corrected chi connectivity index (χ4v) is 2.78. The molecular formula is C20H17N5O. The molecule has 4 aromatic rings. The second-order valence-electron chi connectivity index (χ2n) is 6.03. The maximum Gasteiger partial charge on any atom is 0.274 e. The molecule has 0 saturated heterocycles. The van der Waals surface area contributed by atoms with Crippen LogP contribution in [-0.2, 0) is 0 Å². The molecule has 0 aliphatic heterocycles. The van der Waals surface area contributed by atoms with E-state index in [9.17, 15) is 4.79 Å². The van der Waals surface area contributed by atoms with E-state index in [4.69, 9.17) is 5.73 Å². The number of carbonyl (C=O) groups is 1. The molecule has 6 nitrogen and oxygen atoms in total. The fraction of sp³-hybridized carbons (Fsp3) is 0.0500. The van der Waals surface area contributed by atoms with Gasteiger partial charge < -0.3 is 15.5 Å². The maximum absolute atomic E-state index is 12.5. The highest BCUT2D eigenvalue weighted by Gasteiger charge is 2.12. The lowest BCUT2D eigenvalue weighted by Crippen LogP contribution is -2.16. The van der Waals surface area contributed by atoms with Gasteiger partial charge in [0.2, 0.25) is 0 Å². The zero-order valence-electron chi connectivity index (χ0n) is 14.2. The van der Waals surface area contributed by atoms with Crippen molar-refractivity contribution in [1.82, 2.24) is 14.4 Å². The molecule has 4 rings (SSSR count). The number of anilines is 2. The van der Waals surface area contributed by atoms with E-state index in [0.717, 1.165) is 22.5 Å². The van der Waals surface area contributed by atoms with Crippen molar-refractivity contribution in [2.45, 2.75) is 6.92 Å². The Kier molecular flexibility index (Phi) is 3.85. The molecule has 0 fully saturated rings. The van der Waals surface area contributed by atoms with Crippen LogP contribution < -0.4 is 11.1 Å². The molecule has 128 valence electrons. The lowest BCUT2D eigenvalue weighted by atomic mass is 10.2. The zero-order chi connectivity index (χ0) is 18.1. The number of aromatic nitrogens is 3. The van der Waals surface area contributed by atoms with Crippen molar-refractivity contribution in [1.29, 1.82) is 0 Å². The summed E-state index contributed by atoms with van der Waals surface area (Å²) in [7, 11) is 0. The van der Waals surface area contributed by atoms with E-state index in [1.54, 1.807) is 12.1 Å². The summed E-state index contributed by atoms with van der Waals surface area (Å²) in [6.45, 7) is 1.83. The number of nitrogens with zero attached hydrogens (tertiary/aromatic N) is 3. The quantitative estimate of drug-likeness (QED) is 0.596. The number of nitrogen functional groups attached to an aromatic ring is 1. The highest BCUT2D eigenvalue weighted by atomic mass is 16.1. The first-order valence-electron chi connectivity index (χ1n) is 8.19. The van der Waals surface area contributed by atoms with E-state index in [0.29, 0.717) is 17.2 Å². The number of nitrogens with two attached hydrogens (primary N) is 1. The molecule has 1 amide bonds. The molecule has 0 aliphatic rings. The van der Waals surface area contributed by atoms with Gasteiger partial charge in [0.05, 0.1) is 11.4 Å². The first-order chi connectivity index (χ1) is 12.6. The van der Waals surface area contributed by atoms with E-state index in [1.165, 1.54) is 0 Å². The van der Waals surface area contributed by atoms with Crippen LogP contribution in [-0.4, -0.2) is 20.3 Å². The van der Waals surface area contributed by atoms with Crippen molar-refractivity contribution in [2.24, 2.45) is 0 Å². The van der Waals surface area contributed by atoms with Gasteiger partial charge in [0.25, 0.3) is 5.91 Å². The molecule has 3 heterocycles. The smallest absolute Gasteiger partial charge is 0.274 e. The van der Waals surface area contributed by atoms with Crippen molar-refractivity contribution in [2.75, 3.05) is 11.1 Å². The molecule has 1 aromatic carbocycles. The summed E-state index contributed by atoms with van der Waals surface area (Å²) >= 11 is 0. The van der Waals surface area contributed by atoms with Gasteiger partial charge in [-0.2, -0.15) is 0 Å². The number of hydrogen-bond acceptors (Lipinski definition) is 4. The molecule has 0 bridgehead atoms. The third-order valence-electron chi connectivity index (χ3n) is 4.11. The number of amides is 1. The summed E-state index contributed by atoms with van der Waals surface area (Å²) in [4.78, 5) is 21.2. The van der Waals surface area contributed by atoms with Gasteiger partial charge in [-0.15, -0.1) is 0 Å². The third-order valence-corrected chi connectivity index (χ3v) is 4.11. The Morgan fingerprint density at radius 1 is 1.00 bits per heavy atom. The topological polar surface area (TPSA) is 85.3 Å². The third kappa shape index (κ3) is 3.00. The molecule has 0 spiro atoms. The van der Waals surface area contributed by atoms with E-state index in [-0.39, 0.29) is 5.91 Å². The summed E-state index contributed by atoms with van der Waals surface area (Å²) in [5, 5.41) is 2.86. The zero-order valence-corrected chi connectivity index (χ0v) is 14.2. The van der Waals surface area contributed by atoms with Crippen LogP contribution >= 0.6 is 0 Å². The summed E-state index contributed by atoms with van der Waals surface area (Å²) in [6.07, 6.45) is 3.76. The van der Waals surface area contributed by atoms with Crippen molar-refractivity contribution in [3.63, 3.8) is 0 Å². The van der Waals surface area contributed by atoms with Crippen LogP contribution in [0, 0.1) is 6.92 Å². The van der Waals surface area contributed by atoms with Crippen molar-refractivity contribution >= 4 is 23.1 Å². The Morgan fingerprint density at radius 3 is 2.62 bits per heavy atom. The van der Waals surface area contributed by atoms with Gasteiger partial charge in [0.15, 0.2) is 0 Å². The molecule has 3 aromatic heterocycles. The number of aryl methyl sites for hydroxylation is 1. The number of fused-ring (bicyclic) bond motifs is 1. The van der Waals surface area contributed by atoms with Crippen LogP contribution in [0.15, 0.2) is 67.0 Å². The van der Waals surface area contributed by atoms with E-state index >= 15 is 0 Å². The maximum atomic E-state index is 12.5. The average Bonchev–Trinajstić information content (AvgIpc) is 3.08. The first-order valence-corrected chi connectivity index (χ1v) is 8.19. The average molecular weight is 343 g/mol. The molecular weight excluding hydrogens is 326 g/mol. The molecule has 0 radical (unpaired) electrons. The molecule has 6 heteroatoms. The van der Waals surface area contributed by atoms with Crippen LogP contribution in [0.5, 0.6) is 0 Å². The number of carbonyl (C=O) groups excluding carboxylic acids is 1. The minimum atomic E-state index is -0.294. The fourth-order valence-electron chi connectivity index (χ4n) is 2.78. The number of hydrogen-bond donors (Lipinski definition) is 2. The van der Waals surface area contributed by atoms with Gasteiger partial charge >= 0.3 is 0 Å². The number of rotatable bonds is 3. The van der Waals surface area contributed by atoms with Crippen molar-refractivity contribution in [3.8, 4) is 11.3 Å². The molecule has 0 atom stereocenters.